The molecular formula is C26H23N3O5. The van der Waals surface area contributed by atoms with Gasteiger partial charge in [-0.25, -0.2) is 0 Å². The van der Waals surface area contributed by atoms with Crippen molar-refractivity contribution in [2.45, 2.75) is 0 Å². The maximum Gasteiger partial charge on any atom is 0.255 e. The molecule has 8 heteroatoms. The Morgan fingerprint density at radius 3 is 1.97 bits per heavy atom. The molecule has 4 aromatic rings. The number of carbonyl (C=O) groups is 1. The Kier molecular flexibility index (Phi) is 6.88. The second-order valence-corrected chi connectivity index (χ2v) is 7.17. The smallest absolute Gasteiger partial charge is 0.255 e. The van der Waals surface area contributed by atoms with Gasteiger partial charge in [0.2, 0.25) is 5.88 Å². The number of rotatable bonds is 8. The molecule has 8 nitrogen and oxygen atoms in total. The predicted octanol–water partition coefficient (Wildman–Crippen LogP) is 5.21. The van der Waals surface area contributed by atoms with Gasteiger partial charge in [-0.15, -0.1) is 10.2 Å². The first-order valence-corrected chi connectivity index (χ1v) is 10.4. The van der Waals surface area contributed by atoms with E-state index in [1.165, 1.54) is 0 Å². The van der Waals surface area contributed by atoms with Crippen molar-refractivity contribution in [2.75, 3.05) is 26.6 Å². The minimum Gasteiger partial charge on any atom is -0.497 e. The van der Waals surface area contributed by atoms with E-state index >= 15 is 0 Å². The minimum atomic E-state index is -0.255. The maximum atomic E-state index is 12.7. The molecule has 3 aromatic carbocycles. The van der Waals surface area contributed by atoms with Gasteiger partial charge in [0.15, 0.2) is 0 Å². The highest BCUT2D eigenvalue weighted by atomic mass is 16.5. The summed E-state index contributed by atoms with van der Waals surface area (Å²) >= 11 is 0. The molecule has 172 valence electrons. The van der Waals surface area contributed by atoms with Gasteiger partial charge in [-0.05, 0) is 30.3 Å². The molecule has 0 saturated heterocycles. The van der Waals surface area contributed by atoms with Crippen LogP contribution in [0, 0.1) is 0 Å². The van der Waals surface area contributed by atoms with Crippen LogP contribution in [-0.4, -0.2) is 37.4 Å². The lowest BCUT2D eigenvalue weighted by Gasteiger charge is -2.10. The Balaban J connectivity index is 1.43. The Morgan fingerprint density at radius 1 is 0.706 bits per heavy atom. The van der Waals surface area contributed by atoms with E-state index in [2.05, 4.69) is 15.5 Å². The van der Waals surface area contributed by atoms with Gasteiger partial charge in [0.25, 0.3) is 5.91 Å². The first-order chi connectivity index (χ1) is 16.6. The average molecular weight is 457 g/mol. The number of hydrogen-bond donors (Lipinski definition) is 1. The summed E-state index contributed by atoms with van der Waals surface area (Å²) < 4.78 is 21.4. The van der Waals surface area contributed by atoms with Gasteiger partial charge in [0.05, 0.1) is 27.0 Å². The minimum absolute atomic E-state index is 0.255. The molecule has 0 aliphatic rings. The van der Waals surface area contributed by atoms with Gasteiger partial charge in [0.1, 0.15) is 23.0 Å². The molecule has 0 radical (unpaired) electrons. The van der Waals surface area contributed by atoms with Crippen molar-refractivity contribution in [1.29, 1.82) is 0 Å². The average Bonchev–Trinajstić information content (AvgIpc) is 2.89. The SMILES string of the molecule is COc1cc(NC(=O)c2ccc(-c3ccc(Oc4cccc(OC)c4)nn3)cc2)cc(OC)c1. The molecule has 0 fully saturated rings. The summed E-state index contributed by atoms with van der Waals surface area (Å²) in [6, 6.07) is 23.0. The molecule has 1 amide bonds. The molecule has 1 N–H and O–H groups in total. The quantitative estimate of drug-likeness (QED) is 0.388. The van der Waals surface area contributed by atoms with Crippen LogP contribution in [0.3, 0.4) is 0 Å². The summed E-state index contributed by atoms with van der Waals surface area (Å²) in [5.41, 5.74) is 2.54. The number of nitrogens with zero attached hydrogens (tertiary/aromatic N) is 2. The summed E-state index contributed by atoms with van der Waals surface area (Å²) in [6.07, 6.45) is 0. The standard InChI is InChI=1S/C26H23N3O5/c1-31-20-5-4-6-21(15-20)34-25-12-11-24(28-29-25)17-7-9-18(10-8-17)26(30)27-19-13-22(32-2)16-23(14-19)33-3/h4-16H,1-3H3,(H,27,30). The van der Waals surface area contributed by atoms with Crippen LogP contribution in [0.2, 0.25) is 0 Å². The third-order valence-electron chi connectivity index (χ3n) is 4.96. The third kappa shape index (κ3) is 5.42. The Labute approximate surface area is 197 Å². The molecular weight excluding hydrogens is 434 g/mol. The van der Waals surface area contributed by atoms with Gasteiger partial charge < -0.3 is 24.3 Å². The number of amides is 1. The first kappa shape index (κ1) is 22.6. The van der Waals surface area contributed by atoms with E-state index in [1.54, 1.807) is 69.9 Å². The van der Waals surface area contributed by atoms with E-state index in [0.717, 1.165) is 5.56 Å². The highest BCUT2D eigenvalue weighted by molar-refractivity contribution is 6.04. The fourth-order valence-corrected chi connectivity index (χ4v) is 3.19. The number of methoxy groups -OCH3 is 3. The second kappa shape index (κ2) is 10.4. The van der Waals surface area contributed by atoms with Gasteiger partial charge >= 0.3 is 0 Å². The molecule has 0 aliphatic carbocycles. The highest BCUT2D eigenvalue weighted by Crippen LogP contribution is 2.27. The van der Waals surface area contributed by atoms with E-state index in [-0.39, 0.29) is 5.91 Å². The Bertz CT molecular complexity index is 1250. The zero-order chi connectivity index (χ0) is 23.9. The molecule has 0 aliphatic heterocycles. The molecule has 0 saturated carbocycles. The predicted molar refractivity (Wildman–Crippen MR) is 128 cm³/mol. The fraction of sp³-hybridized carbons (Fsp3) is 0.115. The molecule has 1 aromatic heterocycles. The Morgan fingerprint density at radius 2 is 1.35 bits per heavy atom. The largest absolute Gasteiger partial charge is 0.497 e. The maximum absolute atomic E-state index is 12.7. The van der Waals surface area contributed by atoms with Crippen LogP contribution in [0.4, 0.5) is 5.69 Å². The number of ether oxygens (including phenoxy) is 4. The van der Waals surface area contributed by atoms with E-state index in [1.807, 2.05) is 30.3 Å². The number of anilines is 1. The van der Waals surface area contributed by atoms with Crippen molar-refractivity contribution < 1.29 is 23.7 Å². The number of benzene rings is 3. The third-order valence-corrected chi connectivity index (χ3v) is 4.96. The topological polar surface area (TPSA) is 91.8 Å². The van der Waals surface area contributed by atoms with Crippen LogP contribution in [0.15, 0.2) is 78.9 Å². The molecule has 0 bridgehead atoms. The van der Waals surface area contributed by atoms with Crippen molar-refractivity contribution in [3.05, 3.63) is 84.4 Å². The van der Waals surface area contributed by atoms with Crippen molar-refractivity contribution in [2.24, 2.45) is 0 Å². The summed E-state index contributed by atoms with van der Waals surface area (Å²) in [5.74, 6) is 2.57. The lowest BCUT2D eigenvalue weighted by molar-refractivity contribution is 0.102. The normalized spacial score (nSPS) is 10.3. The summed E-state index contributed by atoms with van der Waals surface area (Å²) in [4.78, 5) is 12.7. The van der Waals surface area contributed by atoms with E-state index in [9.17, 15) is 4.79 Å². The van der Waals surface area contributed by atoms with Gasteiger partial charge in [0, 0.05) is 47.1 Å². The molecule has 0 atom stereocenters. The van der Waals surface area contributed by atoms with Crippen LogP contribution in [-0.2, 0) is 0 Å². The van der Waals surface area contributed by atoms with Crippen molar-refractivity contribution in [1.82, 2.24) is 10.2 Å². The zero-order valence-electron chi connectivity index (χ0n) is 18.9. The van der Waals surface area contributed by atoms with Crippen LogP contribution in [0.1, 0.15) is 10.4 Å². The van der Waals surface area contributed by atoms with Crippen molar-refractivity contribution in [3.8, 4) is 40.1 Å². The Hall–Kier alpha value is -4.59. The lowest BCUT2D eigenvalue weighted by Crippen LogP contribution is -2.12. The van der Waals surface area contributed by atoms with Crippen LogP contribution in [0.5, 0.6) is 28.9 Å². The molecule has 0 unspecified atom stereocenters. The van der Waals surface area contributed by atoms with Gasteiger partial charge in [-0.1, -0.05) is 18.2 Å². The zero-order valence-corrected chi connectivity index (χ0v) is 18.9. The number of aromatic nitrogens is 2. The van der Waals surface area contributed by atoms with E-state index in [4.69, 9.17) is 18.9 Å². The van der Waals surface area contributed by atoms with Crippen LogP contribution < -0.4 is 24.3 Å². The van der Waals surface area contributed by atoms with Crippen molar-refractivity contribution in [3.63, 3.8) is 0 Å². The molecule has 0 spiro atoms. The van der Waals surface area contributed by atoms with Crippen LogP contribution >= 0.6 is 0 Å². The summed E-state index contributed by atoms with van der Waals surface area (Å²) in [6.45, 7) is 0. The van der Waals surface area contributed by atoms with Gasteiger partial charge in [-0.3, -0.25) is 4.79 Å². The number of nitrogens with one attached hydrogen (secondary N) is 1. The number of carbonyl (C=O) groups excluding carboxylic acids is 1. The first-order valence-electron chi connectivity index (χ1n) is 10.4. The van der Waals surface area contributed by atoms with E-state index < -0.39 is 0 Å². The summed E-state index contributed by atoms with van der Waals surface area (Å²) in [7, 11) is 4.71. The molecule has 1 heterocycles. The van der Waals surface area contributed by atoms with E-state index in [0.29, 0.717) is 45.8 Å². The van der Waals surface area contributed by atoms with Gasteiger partial charge in [-0.2, -0.15) is 0 Å². The second-order valence-electron chi connectivity index (χ2n) is 7.17. The van der Waals surface area contributed by atoms with Crippen LogP contribution in [0.25, 0.3) is 11.3 Å². The summed E-state index contributed by atoms with van der Waals surface area (Å²) in [5, 5.41) is 11.2. The lowest BCUT2D eigenvalue weighted by atomic mass is 10.1. The van der Waals surface area contributed by atoms with Crippen molar-refractivity contribution >= 4 is 11.6 Å². The number of hydrogen-bond acceptors (Lipinski definition) is 7. The monoisotopic (exact) mass is 457 g/mol. The highest BCUT2D eigenvalue weighted by Gasteiger charge is 2.10. The molecule has 34 heavy (non-hydrogen) atoms. The molecule has 4 rings (SSSR count). The fourth-order valence-electron chi connectivity index (χ4n) is 3.19.